The largest absolute Gasteiger partial charge is 0.339 e. The molecule has 2 heterocycles. The molecule has 4 aromatic rings. The van der Waals surface area contributed by atoms with Crippen molar-refractivity contribution in [3.8, 4) is 16.8 Å². The van der Waals surface area contributed by atoms with E-state index in [0.29, 0.717) is 0 Å². The van der Waals surface area contributed by atoms with Gasteiger partial charge in [-0.25, -0.2) is 0 Å². The lowest BCUT2D eigenvalue weighted by Gasteiger charge is -2.26. The Labute approximate surface area is 175 Å². The van der Waals surface area contributed by atoms with Crippen molar-refractivity contribution in [2.24, 2.45) is 0 Å². The van der Waals surface area contributed by atoms with Gasteiger partial charge in [0.25, 0.3) is 0 Å². The van der Waals surface area contributed by atoms with Gasteiger partial charge in [-0.15, -0.1) is 10.2 Å². The second-order valence-electron chi connectivity index (χ2n) is 7.45. The first kappa shape index (κ1) is 18.0. The van der Waals surface area contributed by atoms with Crippen LogP contribution in [0.1, 0.15) is 17.2 Å². The summed E-state index contributed by atoms with van der Waals surface area (Å²) in [6.45, 7) is 4.94. The van der Waals surface area contributed by atoms with Gasteiger partial charge in [-0.1, -0.05) is 47.5 Å². The molecule has 0 bridgehead atoms. The predicted octanol–water partition coefficient (Wildman–Crippen LogP) is 5.90. The molecule has 1 aromatic heterocycles. The molecule has 0 spiro atoms. The molecule has 0 amide bonds. The Hall–Kier alpha value is -3.11. The van der Waals surface area contributed by atoms with E-state index in [0.717, 1.165) is 46.7 Å². The van der Waals surface area contributed by atoms with Crippen molar-refractivity contribution in [3.63, 3.8) is 0 Å². The van der Waals surface area contributed by atoms with Gasteiger partial charge in [-0.3, -0.25) is 4.57 Å². The summed E-state index contributed by atoms with van der Waals surface area (Å²) >= 11 is 6.14. The van der Waals surface area contributed by atoms with Crippen LogP contribution in [0.4, 0.5) is 11.4 Å². The average molecular weight is 401 g/mol. The van der Waals surface area contributed by atoms with E-state index in [1.807, 2.05) is 19.1 Å². The average Bonchev–Trinajstić information content (AvgIpc) is 3.01. The first-order valence-electron chi connectivity index (χ1n) is 9.75. The minimum atomic E-state index is 0.741. The molecule has 4 nitrogen and oxygen atoms in total. The number of anilines is 2. The molecule has 29 heavy (non-hydrogen) atoms. The van der Waals surface area contributed by atoms with E-state index < -0.39 is 0 Å². The third kappa shape index (κ3) is 3.19. The van der Waals surface area contributed by atoms with Gasteiger partial charge in [0, 0.05) is 23.7 Å². The number of halogens is 1. The number of fused-ring (bicyclic) bond motifs is 3. The molecule has 0 N–H and O–H groups in total. The standard InChI is InChI=1S/C24H21ClN4/c1-16-3-5-18(6-4-16)19-7-12-22-23(15-19)28(21-10-8-20(25)9-11-21)14-13-24-27-26-17(2)29(22)24/h3-12,15H,13-14H2,1-2H3. The Morgan fingerprint density at radius 1 is 0.793 bits per heavy atom. The van der Waals surface area contributed by atoms with Crippen LogP contribution >= 0.6 is 11.6 Å². The highest BCUT2D eigenvalue weighted by Crippen LogP contribution is 2.38. The van der Waals surface area contributed by atoms with Crippen LogP contribution in [0, 0.1) is 13.8 Å². The fourth-order valence-electron chi connectivity index (χ4n) is 3.96. The maximum absolute atomic E-state index is 6.14. The van der Waals surface area contributed by atoms with E-state index in [1.54, 1.807) is 0 Å². The second-order valence-corrected chi connectivity index (χ2v) is 7.88. The number of rotatable bonds is 2. The highest BCUT2D eigenvalue weighted by molar-refractivity contribution is 6.30. The zero-order chi connectivity index (χ0) is 20.0. The molecule has 144 valence electrons. The molecule has 5 heteroatoms. The zero-order valence-corrected chi connectivity index (χ0v) is 17.2. The molecule has 3 aromatic carbocycles. The summed E-state index contributed by atoms with van der Waals surface area (Å²) in [6, 6.07) is 23.3. The summed E-state index contributed by atoms with van der Waals surface area (Å²) < 4.78 is 2.17. The number of aryl methyl sites for hydroxylation is 2. The van der Waals surface area contributed by atoms with Gasteiger partial charge in [0.05, 0.1) is 11.4 Å². The number of benzene rings is 3. The van der Waals surface area contributed by atoms with Crippen LogP contribution in [-0.4, -0.2) is 21.3 Å². The first-order valence-corrected chi connectivity index (χ1v) is 10.1. The van der Waals surface area contributed by atoms with Gasteiger partial charge < -0.3 is 4.90 Å². The van der Waals surface area contributed by atoms with Gasteiger partial charge in [-0.2, -0.15) is 0 Å². The van der Waals surface area contributed by atoms with Crippen LogP contribution in [0.2, 0.25) is 5.02 Å². The summed E-state index contributed by atoms with van der Waals surface area (Å²) in [5.41, 5.74) is 7.03. The smallest absolute Gasteiger partial charge is 0.139 e. The van der Waals surface area contributed by atoms with Crippen LogP contribution in [0.5, 0.6) is 0 Å². The Kier molecular flexibility index (Phi) is 4.36. The Bertz CT molecular complexity index is 1180. The van der Waals surface area contributed by atoms with Gasteiger partial charge >= 0.3 is 0 Å². The third-order valence-corrected chi connectivity index (χ3v) is 5.73. The molecule has 0 fully saturated rings. The second kappa shape index (κ2) is 7.05. The molecule has 1 aliphatic heterocycles. The maximum atomic E-state index is 6.14. The van der Waals surface area contributed by atoms with Crippen LogP contribution < -0.4 is 4.90 Å². The molecule has 0 aliphatic carbocycles. The fraction of sp³-hybridized carbons (Fsp3) is 0.167. The van der Waals surface area contributed by atoms with E-state index in [9.17, 15) is 0 Å². The van der Waals surface area contributed by atoms with Crippen LogP contribution in [0.25, 0.3) is 16.8 Å². The Balaban J connectivity index is 1.71. The minimum Gasteiger partial charge on any atom is -0.339 e. The van der Waals surface area contributed by atoms with Crippen molar-refractivity contribution in [1.82, 2.24) is 14.8 Å². The normalized spacial score (nSPS) is 13.0. The SMILES string of the molecule is Cc1ccc(-c2ccc3c(c2)N(c2ccc(Cl)cc2)CCc2nnc(C)n2-3)cc1. The van der Waals surface area contributed by atoms with E-state index in [2.05, 4.69) is 81.2 Å². The summed E-state index contributed by atoms with van der Waals surface area (Å²) in [5.74, 6) is 1.89. The topological polar surface area (TPSA) is 34.0 Å². The van der Waals surface area contributed by atoms with E-state index in [4.69, 9.17) is 11.6 Å². The van der Waals surface area contributed by atoms with Gasteiger partial charge in [0.15, 0.2) is 0 Å². The number of hydrogen-bond donors (Lipinski definition) is 0. The molecular weight excluding hydrogens is 380 g/mol. The molecule has 0 saturated carbocycles. The monoisotopic (exact) mass is 400 g/mol. The van der Waals surface area contributed by atoms with Crippen molar-refractivity contribution in [1.29, 1.82) is 0 Å². The molecule has 0 radical (unpaired) electrons. The minimum absolute atomic E-state index is 0.741. The van der Waals surface area contributed by atoms with E-state index in [-0.39, 0.29) is 0 Å². The van der Waals surface area contributed by atoms with Crippen molar-refractivity contribution < 1.29 is 0 Å². The summed E-state index contributed by atoms with van der Waals surface area (Å²) in [6.07, 6.45) is 0.817. The summed E-state index contributed by atoms with van der Waals surface area (Å²) in [4.78, 5) is 2.34. The highest BCUT2D eigenvalue weighted by atomic mass is 35.5. The fourth-order valence-corrected chi connectivity index (χ4v) is 4.08. The quantitative estimate of drug-likeness (QED) is 0.420. The highest BCUT2D eigenvalue weighted by Gasteiger charge is 2.24. The summed E-state index contributed by atoms with van der Waals surface area (Å²) in [7, 11) is 0. The summed E-state index contributed by atoms with van der Waals surface area (Å²) in [5, 5.41) is 9.47. The van der Waals surface area contributed by atoms with E-state index in [1.165, 1.54) is 16.7 Å². The molecule has 0 saturated heterocycles. The third-order valence-electron chi connectivity index (χ3n) is 5.48. The van der Waals surface area contributed by atoms with Gasteiger partial charge in [-0.05, 0) is 61.4 Å². The lowest BCUT2D eigenvalue weighted by Crippen LogP contribution is -2.19. The predicted molar refractivity (Wildman–Crippen MR) is 118 cm³/mol. The molecule has 0 atom stereocenters. The van der Waals surface area contributed by atoms with Crippen LogP contribution in [-0.2, 0) is 6.42 Å². The number of aromatic nitrogens is 3. The number of hydrogen-bond acceptors (Lipinski definition) is 3. The van der Waals surface area contributed by atoms with Crippen molar-refractivity contribution in [2.45, 2.75) is 20.3 Å². The van der Waals surface area contributed by atoms with Crippen molar-refractivity contribution in [2.75, 3.05) is 11.4 Å². The van der Waals surface area contributed by atoms with Crippen LogP contribution in [0.3, 0.4) is 0 Å². The maximum Gasteiger partial charge on any atom is 0.139 e. The van der Waals surface area contributed by atoms with Crippen LogP contribution in [0.15, 0.2) is 66.7 Å². The lowest BCUT2D eigenvalue weighted by molar-refractivity contribution is 0.838. The Morgan fingerprint density at radius 3 is 2.28 bits per heavy atom. The van der Waals surface area contributed by atoms with E-state index >= 15 is 0 Å². The molecule has 5 rings (SSSR count). The molecule has 1 aliphatic rings. The van der Waals surface area contributed by atoms with Gasteiger partial charge in [0.1, 0.15) is 11.6 Å². The van der Waals surface area contributed by atoms with Crippen molar-refractivity contribution in [3.05, 3.63) is 89.0 Å². The Morgan fingerprint density at radius 2 is 1.52 bits per heavy atom. The first-order chi connectivity index (χ1) is 14.1. The van der Waals surface area contributed by atoms with Crippen molar-refractivity contribution >= 4 is 23.0 Å². The molecule has 0 unspecified atom stereocenters. The zero-order valence-electron chi connectivity index (χ0n) is 16.4. The molecular formula is C24H21ClN4. The number of nitrogens with zero attached hydrogens (tertiary/aromatic N) is 4. The van der Waals surface area contributed by atoms with Gasteiger partial charge in [0.2, 0.25) is 0 Å². The lowest BCUT2D eigenvalue weighted by atomic mass is 10.0.